The average Bonchev–Trinajstić information content (AvgIpc) is 1.61. The molecule has 143 heavy (non-hydrogen) atoms. The predicted molar refractivity (Wildman–Crippen MR) is 543 cm³/mol. The number of para-hydroxylation sites is 3. The first kappa shape index (κ1) is 112. The van der Waals surface area contributed by atoms with Gasteiger partial charge in [-0.15, -0.1) is 17.1 Å². The normalized spacial score (nSPS) is 14.9. The Hall–Kier alpha value is -14.3. The average molecular weight is 2100 g/mol. The Morgan fingerprint density at radius 1 is 0.392 bits per heavy atom. The van der Waals surface area contributed by atoms with Gasteiger partial charge in [-0.05, 0) is 175 Å². The number of rotatable bonds is 21. The number of ether oxygens (including phenoxy) is 1. The van der Waals surface area contributed by atoms with E-state index in [9.17, 15) is 60.4 Å². The molecule has 0 bridgehead atoms. The molecule has 0 amide bonds. The van der Waals surface area contributed by atoms with E-state index in [2.05, 4.69) is 124 Å². The molecule has 20 rings (SSSR count). The fraction of sp³-hybridized carbons (Fsp3) is 0.180. The van der Waals surface area contributed by atoms with Crippen LogP contribution in [0.5, 0.6) is 0 Å². The van der Waals surface area contributed by atoms with Gasteiger partial charge in [0.1, 0.15) is 50.5 Å². The van der Waals surface area contributed by atoms with E-state index in [1.165, 1.54) is 146 Å². The SMILES string of the molecule is C[C@]12CC[C@@H]3c4cc[c-]cc4CC[C@H]3[C@@H]1CCC2=O.O=[N+]([O-])c1ccccc1S(=O)(=O)[N-]c1ccccc1-c1ccccn1.O=[N+]([O-])c1ccccc1S(=O)(=O)[N-]c1ccccc1-c1ccccn1.O=[N+]([O-])c1ccccc1S(=O)(=O)[N-]c1ccccc1-c1ccccn1.[Ni+2].[Ni+2].[Ni+2].[c-]1ccc(CCOCc2ccccc2)cc1.[c-]1ccccc1C1CCCCC1.c1ccncc1.c1ccncc1.c1ccncc1. The van der Waals surface area contributed by atoms with Gasteiger partial charge in [-0.25, -0.2) is 25.3 Å². The summed E-state index contributed by atoms with van der Waals surface area (Å²) in [5, 5.41) is 33.3. The second-order valence-electron chi connectivity index (χ2n) is 32.5. The van der Waals surface area contributed by atoms with Gasteiger partial charge in [-0.1, -0.05) is 215 Å². The van der Waals surface area contributed by atoms with Crippen molar-refractivity contribution in [1.29, 1.82) is 0 Å². The first-order valence-corrected chi connectivity index (χ1v) is 49.7. The zero-order valence-corrected chi connectivity index (χ0v) is 83.1. The van der Waals surface area contributed by atoms with Crippen molar-refractivity contribution in [2.45, 2.75) is 117 Å². The van der Waals surface area contributed by atoms with Gasteiger partial charge in [-0.2, -0.15) is 107 Å². The maximum Gasteiger partial charge on any atom is 2.00 e. The summed E-state index contributed by atoms with van der Waals surface area (Å²) in [5.74, 6) is 3.46. The quantitative estimate of drug-likeness (QED) is 0.0212. The van der Waals surface area contributed by atoms with E-state index in [0.717, 1.165) is 62.3 Å². The van der Waals surface area contributed by atoms with Crippen LogP contribution in [0, 0.1) is 65.8 Å². The summed E-state index contributed by atoms with van der Waals surface area (Å²) in [6, 6.07) is 111. The second kappa shape index (κ2) is 58.2. The van der Waals surface area contributed by atoms with Crippen molar-refractivity contribution in [3.05, 3.63) is 498 Å². The molecule has 26 nitrogen and oxygen atoms in total. The van der Waals surface area contributed by atoms with Crippen LogP contribution in [-0.2, 0) is 109 Å². The topological polar surface area (TPSA) is 378 Å². The fourth-order valence-electron chi connectivity index (χ4n) is 16.7. The predicted octanol–water partition coefficient (Wildman–Crippen LogP) is 26.1. The van der Waals surface area contributed by atoms with Gasteiger partial charge in [0.05, 0.1) is 38.5 Å². The van der Waals surface area contributed by atoms with Gasteiger partial charge in [-0.3, -0.25) is 65.0 Å². The number of pyridine rings is 6. The van der Waals surface area contributed by atoms with Crippen LogP contribution in [-0.4, -0.2) is 82.3 Å². The van der Waals surface area contributed by atoms with E-state index in [1.54, 1.807) is 171 Å². The maximum absolute atomic E-state index is 12.6. The van der Waals surface area contributed by atoms with E-state index in [-0.39, 0.29) is 72.0 Å². The number of aryl methyl sites for hydroxylation is 1. The number of hydrogen-bond donors (Lipinski definition) is 0. The van der Waals surface area contributed by atoms with Gasteiger partial charge in [0.25, 0.3) is 17.1 Å². The number of nitro groups is 3. The summed E-state index contributed by atoms with van der Waals surface area (Å²) in [7, 11) is -12.8. The Morgan fingerprint density at radius 2 is 0.776 bits per heavy atom. The Kier molecular flexibility index (Phi) is 45.7. The van der Waals surface area contributed by atoms with Crippen LogP contribution < -0.4 is 0 Å². The van der Waals surface area contributed by atoms with Crippen molar-refractivity contribution in [3.63, 3.8) is 0 Å². The summed E-state index contributed by atoms with van der Waals surface area (Å²) in [6.45, 7) is 3.70. The summed E-state index contributed by atoms with van der Waals surface area (Å²) in [6.07, 6.45) is 30.0. The number of aromatic nitrogens is 6. The van der Waals surface area contributed by atoms with Gasteiger partial charge in [0.2, 0.25) is 0 Å². The van der Waals surface area contributed by atoms with Crippen LogP contribution in [0.2, 0.25) is 0 Å². The zero-order chi connectivity index (χ0) is 98.6. The minimum atomic E-state index is -4.26. The number of nitrogens with zero attached hydrogens (tertiary/aromatic N) is 12. The third-order valence-electron chi connectivity index (χ3n) is 23.4. The van der Waals surface area contributed by atoms with Crippen molar-refractivity contribution in [2.75, 3.05) is 6.61 Å². The molecule has 3 fully saturated rings. The zero-order valence-electron chi connectivity index (χ0n) is 77.6. The molecule has 738 valence electrons. The standard InChI is InChI=1S/C18H21O.3C17H12N3O4S.C15H15O.C12H15.3C5H5N.3Ni/c1-18-11-10-14-13-5-3-2-4-12(13)6-7-15(14)16(18)8-9-17(18)19;3*21-20(22)16-10-3-4-11-17(16)25(23,24)19-15-9-2-1-7-13(15)14-8-5-6-12-18-14;1-3-7-14(8-4-1)11-12-16-13-15-9-5-2-6-10-15;1-3-7-11(8-4-1)12-9-5-2-6-10-12;3*1-2-4-6-5-3-1;;;/h3-5,14-16H,6-11H2,1H3;3*1-12H;2-10H,11-13H2;1,3-4,7,12H,2,5-6,9-10H2;3*1-5H;;;/q6*-1;;;;3*+2/t14-,15-,16+,18+;;;;;;;;;;;/m1.........../s1. The minimum Gasteiger partial charge on any atom is -0.572 e. The molecule has 4 aliphatic carbocycles. The van der Waals surface area contributed by atoms with Crippen molar-refractivity contribution >= 4 is 70.0 Å². The molecule has 0 spiro atoms. The maximum atomic E-state index is 12.6. The van der Waals surface area contributed by atoms with Crippen LogP contribution >= 0.6 is 0 Å². The molecular weight excluding hydrogens is 2000 g/mol. The molecular formula is C111H102N12Ni3O14S3. The summed E-state index contributed by atoms with van der Waals surface area (Å²) >= 11 is 0. The number of ketones is 1. The fourth-order valence-corrected chi connectivity index (χ4v) is 20.2. The van der Waals surface area contributed by atoms with Crippen molar-refractivity contribution in [2.24, 2.45) is 17.3 Å². The van der Waals surface area contributed by atoms with Crippen LogP contribution in [0.4, 0.5) is 34.1 Å². The minimum absolute atomic E-state index is 0. The Morgan fingerprint density at radius 3 is 1.17 bits per heavy atom. The third kappa shape index (κ3) is 33.7. The number of carbonyl (C=O) groups is 1. The van der Waals surface area contributed by atoms with Crippen LogP contribution in [0.15, 0.2) is 422 Å². The Balaban J connectivity index is 0.000000185. The third-order valence-corrected chi connectivity index (χ3v) is 27.4. The monoisotopic (exact) mass is 2100 g/mol. The number of Topliss-reactive ketones (excluding diaryl/α,β-unsaturated/α-hetero) is 1. The van der Waals surface area contributed by atoms with Crippen molar-refractivity contribution in [3.8, 4) is 33.8 Å². The van der Waals surface area contributed by atoms with Crippen LogP contribution in [0.1, 0.15) is 111 Å². The first-order valence-electron chi connectivity index (χ1n) is 45.3. The molecule has 4 aliphatic rings. The molecule has 3 saturated carbocycles. The molecule has 4 atom stereocenters. The van der Waals surface area contributed by atoms with Crippen molar-refractivity contribution in [1.82, 2.24) is 29.9 Å². The second-order valence-corrected chi connectivity index (χ2v) is 37.2. The van der Waals surface area contributed by atoms with Gasteiger partial charge >= 0.3 is 49.5 Å². The van der Waals surface area contributed by atoms with E-state index in [1.807, 2.05) is 97.1 Å². The largest absolute Gasteiger partial charge is 2.00 e. The first-order chi connectivity index (χ1) is 68.1. The molecule has 0 aliphatic heterocycles. The molecule has 6 aromatic heterocycles. The van der Waals surface area contributed by atoms with Gasteiger partial charge in [0, 0.05) is 92.4 Å². The molecule has 16 aromatic rings. The number of carbonyl (C=O) groups excluding carboxylic acids is 1. The smallest absolute Gasteiger partial charge is 0.572 e. The molecule has 0 N–H and O–H groups in total. The van der Waals surface area contributed by atoms with Crippen molar-refractivity contribution < 1.29 is 99.0 Å². The number of fused-ring (bicyclic) bond motifs is 5. The molecule has 32 heteroatoms. The molecule has 10 aromatic carbocycles. The molecule has 0 radical (unpaired) electrons. The molecule has 6 heterocycles. The van der Waals surface area contributed by atoms with Gasteiger partial charge in [0.15, 0.2) is 0 Å². The molecule has 0 unspecified atom stereocenters. The summed E-state index contributed by atoms with van der Waals surface area (Å²) in [4.78, 5) is 65.9. The summed E-state index contributed by atoms with van der Waals surface area (Å²) in [5.41, 5.74) is 9.22. The molecule has 0 saturated heterocycles. The number of hydrogen-bond acceptors (Lipinski definition) is 20. The van der Waals surface area contributed by atoms with Crippen LogP contribution in [0.3, 0.4) is 0 Å². The number of nitro benzene ring substituents is 3. The Bertz CT molecular complexity index is 6360. The Labute approximate surface area is 865 Å². The van der Waals surface area contributed by atoms with E-state index in [4.69, 9.17) is 4.74 Å². The van der Waals surface area contributed by atoms with E-state index < -0.39 is 76.6 Å². The number of sulfonamides is 3. The van der Waals surface area contributed by atoms with E-state index in [0.29, 0.717) is 58.0 Å². The van der Waals surface area contributed by atoms with E-state index >= 15 is 0 Å². The summed E-state index contributed by atoms with van der Waals surface area (Å²) < 4.78 is 92.8. The van der Waals surface area contributed by atoms with Crippen LogP contribution in [0.25, 0.3) is 47.9 Å². The van der Waals surface area contributed by atoms with Gasteiger partial charge < -0.3 is 18.9 Å². The number of benzene rings is 10.